The highest BCUT2D eigenvalue weighted by Gasteiger charge is 2.28. The standard InChI is InChI=1S/C25H31ClN2O2S/c1-18-10-12-20(13-11-18)15-28(19(2)25(30)27-23-8-3-4-9-23)24(29)17-31-16-21-6-5-7-22(26)14-21/h5-7,10-14,19,23H,3-4,8-9,15-17H2,1-2H3,(H,27,30)/t19-/m0/s1. The quantitative estimate of drug-likeness (QED) is 0.550. The lowest BCUT2D eigenvalue weighted by atomic mass is 10.1. The number of carbonyl (C=O) groups is 2. The molecule has 1 aliphatic rings. The van der Waals surface area contributed by atoms with E-state index in [1.54, 1.807) is 16.7 Å². The molecule has 1 saturated carbocycles. The van der Waals surface area contributed by atoms with Gasteiger partial charge in [-0.05, 0) is 49.9 Å². The number of amides is 2. The van der Waals surface area contributed by atoms with Crippen molar-refractivity contribution in [1.29, 1.82) is 0 Å². The molecule has 4 nitrogen and oxygen atoms in total. The molecule has 0 heterocycles. The zero-order valence-corrected chi connectivity index (χ0v) is 19.8. The van der Waals surface area contributed by atoms with Crippen molar-refractivity contribution in [3.63, 3.8) is 0 Å². The van der Waals surface area contributed by atoms with Gasteiger partial charge in [-0.1, -0.05) is 66.4 Å². The Labute approximate surface area is 194 Å². The van der Waals surface area contributed by atoms with Gasteiger partial charge in [-0.25, -0.2) is 0 Å². The van der Waals surface area contributed by atoms with Crippen molar-refractivity contribution in [2.75, 3.05) is 5.75 Å². The second-order valence-electron chi connectivity index (χ2n) is 8.30. The van der Waals surface area contributed by atoms with Crippen molar-refractivity contribution in [2.45, 2.75) is 63.9 Å². The summed E-state index contributed by atoms with van der Waals surface area (Å²) in [6, 6.07) is 15.5. The number of benzene rings is 2. The zero-order valence-electron chi connectivity index (χ0n) is 18.3. The minimum Gasteiger partial charge on any atom is -0.352 e. The molecule has 1 N–H and O–H groups in total. The minimum atomic E-state index is -0.513. The monoisotopic (exact) mass is 458 g/mol. The van der Waals surface area contributed by atoms with Gasteiger partial charge in [0.25, 0.3) is 0 Å². The molecule has 166 valence electrons. The molecule has 31 heavy (non-hydrogen) atoms. The fourth-order valence-corrected chi connectivity index (χ4v) is 4.90. The molecule has 0 aromatic heterocycles. The first-order valence-electron chi connectivity index (χ1n) is 10.9. The lowest BCUT2D eigenvalue weighted by Gasteiger charge is -2.29. The van der Waals surface area contributed by atoms with Crippen molar-refractivity contribution in [3.8, 4) is 0 Å². The maximum Gasteiger partial charge on any atom is 0.242 e. The van der Waals surface area contributed by atoms with Crippen LogP contribution in [0.3, 0.4) is 0 Å². The number of aryl methyl sites for hydroxylation is 1. The molecule has 0 saturated heterocycles. The summed E-state index contributed by atoms with van der Waals surface area (Å²) in [6.07, 6.45) is 4.37. The van der Waals surface area contributed by atoms with Crippen LogP contribution in [0.2, 0.25) is 5.02 Å². The van der Waals surface area contributed by atoms with Crippen LogP contribution in [0.4, 0.5) is 0 Å². The van der Waals surface area contributed by atoms with Crippen LogP contribution in [0.5, 0.6) is 0 Å². The summed E-state index contributed by atoms with van der Waals surface area (Å²) in [5, 5.41) is 3.84. The predicted molar refractivity (Wildman–Crippen MR) is 129 cm³/mol. The molecular formula is C25H31ClN2O2S. The second-order valence-corrected chi connectivity index (χ2v) is 9.72. The molecule has 0 unspecified atom stereocenters. The smallest absolute Gasteiger partial charge is 0.242 e. The lowest BCUT2D eigenvalue weighted by Crippen LogP contribution is -2.50. The summed E-state index contributed by atoms with van der Waals surface area (Å²) < 4.78 is 0. The number of thioether (sulfide) groups is 1. The molecular weight excluding hydrogens is 428 g/mol. The third-order valence-electron chi connectivity index (χ3n) is 5.73. The molecule has 6 heteroatoms. The Balaban J connectivity index is 1.64. The van der Waals surface area contributed by atoms with E-state index in [4.69, 9.17) is 11.6 Å². The van der Waals surface area contributed by atoms with E-state index in [0.29, 0.717) is 23.1 Å². The number of rotatable bonds is 9. The fraction of sp³-hybridized carbons (Fsp3) is 0.440. The molecule has 1 atom stereocenters. The number of nitrogens with zero attached hydrogens (tertiary/aromatic N) is 1. The van der Waals surface area contributed by atoms with E-state index < -0.39 is 6.04 Å². The minimum absolute atomic E-state index is 0.0262. The summed E-state index contributed by atoms with van der Waals surface area (Å²) in [4.78, 5) is 27.8. The summed E-state index contributed by atoms with van der Waals surface area (Å²) in [5.74, 6) is 0.932. The maximum atomic E-state index is 13.2. The van der Waals surface area contributed by atoms with Gasteiger partial charge in [0.15, 0.2) is 0 Å². The van der Waals surface area contributed by atoms with Gasteiger partial charge < -0.3 is 10.2 Å². The summed E-state index contributed by atoms with van der Waals surface area (Å²) in [7, 11) is 0. The van der Waals surface area contributed by atoms with Gasteiger partial charge in [0, 0.05) is 23.4 Å². The van der Waals surface area contributed by atoms with Gasteiger partial charge in [0.05, 0.1) is 5.75 Å². The first-order chi connectivity index (χ1) is 14.9. The van der Waals surface area contributed by atoms with Gasteiger partial charge in [0.1, 0.15) is 6.04 Å². The Kier molecular flexibility index (Phi) is 8.85. The largest absolute Gasteiger partial charge is 0.352 e. The van der Waals surface area contributed by atoms with Crippen LogP contribution in [-0.4, -0.2) is 34.6 Å². The Morgan fingerprint density at radius 3 is 2.52 bits per heavy atom. The second kappa shape index (κ2) is 11.6. The van der Waals surface area contributed by atoms with Crippen LogP contribution >= 0.6 is 23.4 Å². The average Bonchev–Trinajstić information content (AvgIpc) is 3.26. The first-order valence-corrected chi connectivity index (χ1v) is 12.4. The van der Waals surface area contributed by atoms with Gasteiger partial charge in [0.2, 0.25) is 11.8 Å². The summed E-state index contributed by atoms with van der Waals surface area (Å²) in [6.45, 7) is 4.30. The van der Waals surface area contributed by atoms with Crippen LogP contribution in [0.1, 0.15) is 49.3 Å². The van der Waals surface area contributed by atoms with E-state index in [2.05, 4.69) is 5.32 Å². The molecule has 1 fully saturated rings. The molecule has 2 aromatic rings. The van der Waals surface area contributed by atoms with E-state index in [-0.39, 0.29) is 17.9 Å². The fourth-order valence-electron chi connectivity index (χ4n) is 3.83. The third kappa shape index (κ3) is 7.29. The maximum absolute atomic E-state index is 13.2. The number of hydrogen-bond donors (Lipinski definition) is 1. The molecule has 0 spiro atoms. The Bertz CT molecular complexity index is 881. The number of halogens is 1. The van der Waals surface area contributed by atoms with Gasteiger partial charge in [-0.3, -0.25) is 9.59 Å². The molecule has 0 radical (unpaired) electrons. The zero-order chi connectivity index (χ0) is 22.2. The summed E-state index contributed by atoms with van der Waals surface area (Å²) >= 11 is 7.60. The van der Waals surface area contributed by atoms with Crippen LogP contribution in [0, 0.1) is 6.92 Å². The number of nitrogens with one attached hydrogen (secondary N) is 1. The Hall–Kier alpha value is -1.98. The van der Waals surface area contributed by atoms with Gasteiger partial charge in [-0.15, -0.1) is 11.8 Å². The van der Waals surface area contributed by atoms with Crippen LogP contribution < -0.4 is 5.32 Å². The van der Waals surface area contributed by atoms with E-state index in [1.807, 2.05) is 62.4 Å². The molecule has 2 aromatic carbocycles. The highest BCUT2D eigenvalue weighted by atomic mass is 35.5. The Morgan fingerprint density at radius 1 is 1.13 bits per heavy atom. The third-order valence-corrected chi connectivity index (χ3v) is 6.95. The number of carbonyl (C=O) groups excluding carboxylic acids is 2. The van der Waals surface area contributed by atoms with E-state index in [1.165, 1.54) is 5.56 Å². The normalized spacial score (nSPS) is 14.9. The average molecular weight is 459 g/mol. The van der Waals surface area contributed by atoms with Gasteiger partial charge in [-0.2, -0.15) is 0 Å². The predicted octanol–water partition coefficient (Wildman–Crippen LogP) is 5.36. The van der Waals surface area contributed by atoms with Gasteiger partial charge >= 0.3 is 0 Å². The van der Waals surface area contributed by atoms with Crippen LogP contribution in [-0.2, 0) is 21.9 Å². The van der Waals surface area contributed by atoms with Crippen LogP contribution in [0.15, 0.2) is 48.5 Å². The Morgan fingerprint density at radius 2 is 1.84 bits per heavy atom. The molecule has 3 rings (SSSR count). The van der Waals surface area contributed by atoms with Crippen molar-refractivity contribution >= 4 is 35.2 Å². The molecule has 0 aliphatic heterocycles. The van der Waals surface area contributed by atoms with Crippen LogP contribution in [0.25, 0.3) is 0 Å². The van der Waals surface area contributed by atoms with Crippen molar-refractivity contribution in [1.82, 2.24) is 10.2 Å². The van der Waals surface area contributed by atoms with E-state index in [0.717, 1.165) is 36.8 Å². The molecule has 0 bridgehead atoms. The lowest BCUT2D eigenvalue weighted by molar-refractivity contribution is -0.138. The highest BCUT2D eigenvalue weighted by molar-refractivity contribution is 7.99. The summed E-state index contributed by atoms with van der Waals surface area (Å²) in [5.41, 5.74) is 3.28. The molecule has 2 amide bonds. The first kappa shape index (κ1) is 23.7. The topological polar surface area (TPSA) is 49.4 Å². The van der Waals surface area contributed by atoms with Crippen molar-refractivity contribution in [2.24, 2.45) is 0 Å². The van der Waals surface area contributed by atoms with Crippen molar-refractivity contribution in [3.05, 3.63) is 70.2 Å². The van der Waals surface area contributed by atoms with E-state index >= 15 is 0 Å². The molecule has 1 aliphatic carbocycles. The SMILES string of the molecule is Cc1ccc(CN(C(=O)CSCc2cccc(Cl)c2)[C@@H](C)C(=O)NC2CCCC2)cc1. The van der Waals surface area contributed by atoms with E-state index in [9.17, 15) is 9.59 Å². The van der Waals surface area contributed by atoms with Crippen molar-refractivity contribution < 1.29 is 9.59 Å². The highest BCUT2D eigenvalue weighted by Crippen LogP contribution is 2.20. The number of hydrogen-bond acceptors (Lipinski definition) is 3.